The maximum Gasteiger partial charge on any atom is 0.325 e. The molecule has 2 aromatic carbocycles. The Balaban J connectivity index is 1.81. The van der Waals surface area contributed by atoms with Crippen LogP contribution in [0.4, 0.5) is 0 Å². The number of carbonyl (C=O) groups is 3. The smallest absolute Gasteiger partial charge is 0.325 e. The molecule has 0 aliphatic rings. The predicted molar refractivity (Wildman–Crippen MR) is 97.7 cm³/mol. The number of rotatable bonds is 6. The first-order chi connectivity index (χ1) is 11.9. The van der Waals surface area contributed by atoms with Crippen molar-refractivity contribution in [3.8, 4) is 0 Å². The summed E-state index contributed by atoms with van der Waals surface area (Å²) >= 11 is 3.27. The highest BCUT2D eigenvalue weighted by atomic mass is 79.9. The molecule has 2 aromatic rings. The topological polar surface area (TPSA) is 72.5 Å². The number of nitrogens with one attached hydrogen (secondary N) is 1. The van der Waals surface area contributed by atoms with E-state index in [9.17, 15) is 14.4 Å². The SMILES string of the molecule is Cc1ccc(C(=O)COC(=O)CNC(=O)c2cccc(Br)c2)cc1C. The van der Waals surface area contributed by atoms with E-state index in [2.05, 4.69) is 21.2 Å². The Kier molecular flexibility index (Phi) is 6.47. The van der Waals surface area contributed by atoms with Crippen molar-refractivity contribution in [3.63, 3.8) is 0 Å². The fraction of sp³-hybridized carbons (Fsp3) is 0.211. The van der Waals surface area contributed by atoms with Crippen LogP contribution in [0.3, 0.4) is 0 Å². The largest absolute Gasteiger partial charge is 0.456 e. The van der Waals surface area contributed by atoms with E-state index >= 15 is 0 Å². The number of benzene rings is 2. The predicted octanol–water partition coefficient (Wildman–Crippen LogP) is 3.22. The summed E-state index contributed by atoms with van der Waals surface area (Å²) in [5.41, 5.74) is 3.00. The van der Waals surface area contributed by atoms with Gasteiger partial charge in [0.25, 0.3) is 5.91 Å². The first-order valence-electron chi connectivity index (χ1n) is 7.66. The van der Waals surface area contributed by atoms with Gasteiger partial charge in [0.15, 0.2) is 12.4 Å². The Labute approximate surface area is 154 Å². The van der Waals surface area contributed by atoms with Crippen molar-refractivity contribution < 1.29 is 19.1 Å². The van der Waals surface area contributed by atoms with Gasteiger partial charge in [0.1, 0.15) is 6.54 Å². The molecular formula is C19H18BrNO4. The van der Waals surface area contributed by atoms with Crippen molar-refractivity contribution in [1.29, 1.82) is 0 Å². The number of carbonyl (C=O) groups excluding carboxylic acids is 3. The number of halogens is 1. The molecule has 0 saturated carbocycles. The first-order valence-corrected chi connectivity index (χ1v) is 8.46. The maximum absolute atomic E-state index is 12.0. The van der Waals surface area contributed by atoms with Crippen LogP contribution in [0.1, 0.15) is 31.8 Å². The summed E-state index contributed by atoms with van der Waals surface area (Å²) in [4.78, 5) is 35.7. The molecule has 0 unspecified atom stereocenters. The van der Waals surface area contributed by atoms with Gasteiger partial charge in [-0.3, -0.25) is 14.4 Å². The summed E-state index contributed by atoms with van der Waals surface area (Å²) in [6.07, 6.45) is 0. The standard InChI is InChI=1S/C19H18BrNO4/c1-12-6-7-14(8-13(12)2)17(22)11-25-18(23)10-21-19(24)15-4-3-5-16(20)9-15/h3-9H,10-11H2,1-2H3,(H,21,24). The maximum atomic E-state index is 12.0. The number of esters is 1. The van der Waals surface area contributed by atoms with E-state index in [-0.39, 0.29) is 18.9 Å². The molecule has 0 aliphatic carbocycles. The van der Waals surface area contributed by atoms with Crippen LogP contribution in [-0.4, -0.2) is 30.8 Å². The molecule has 0 fully saturated rings. The van der Waals surface area contributed by atoms with Crippen molar-refractivity contribution in [1.82, 2.24) is 5.32 Å². The van der Waals surface area contributed by atoms with Gasteiger partial charge < -0.3 is 10.1 Å². The highest BCUT2D eigenvalue weighted by Gasteiger charge is 2.12. The third-order valence-electron chi connectivity index (χ3n) is 3.67. The molecule has 0 radical (unpaired) electrons. The molecule has 0 aromatic heterocycles. The van der Waals surface area contributed by atoms with Crippen LogP contribution in [-0.2, 0) is 9.53 Å². The normalized spacial score (nSPS) is 10.2. The van der Waals surface area contributed by atoms with Gasteiger partial charge in [0, 0.05) is 15.6 Å². The van der Waals surface area contributed by atoms with Gasteiger partial charge in [-0.05, 0) is 49.2 Å². The number of ketones is 1. The highest BCUT2D eigenvalue weighted by molar-refractivity contribution is 9.10. The summed E-state index contributed by atoms with van der Waals surface area (Å²) in [7, 11) is 0. The summed E-state index contributed by atoms with van der Waals surface area (Å²) in [6.45, 7) is 3.22. The summed E-state index contributed by atoms with van der Waals surface area (Å²) < 4.78 is 5.69. The zero-order chi connectivity index (χ0) is 18.4. The second-order valence-corrected chi connectivity index (χ2v) is 6.49. The Bertz CT molecular complexity index is 817. The molecule has 0 bridgehead atoms. The Hall–Kier alpha value is -2.47. The molecule has 1 amide bonds. The van der Waals surface area contributed by atoms with Crippen molar-refractivity contribution >= 4 is 33.6 Å². The second-order valence-electron chi connectivity index (χ2n) is 5.58. The van der Waals surface area contributed by atoms with Gasteiger partial charge in [-0.15, -0.1) is 0 Å². The molecule has 2 rings (SSSR count). The van der Waals surface area contributed by atoms with Gasteiger partial charge in [-0.1, -0.05) is 34.1 Å². The quantitative estimate of drug-likeness (QED) is 0.593. The molecule has 6 heteroatoms. The molecule has 130 valence electrons. The minimum atomic E-state index is -0.666. The summed E-state index contributed by atoms with van der Waals surface area (Å²) in [5.74, 6) is -1.34. The second kappa shape index (κ2) is 8.58. The van der Waals surface area contributed by atoms with Gasteiger partial charge in [-0.2, -0.15) is 0 Å². The Morgan fingerprint density at radius 2 is 1.76 bits per heavy atom. The zero-order valence-corrected chi connectivity index (χ0v) is 15.6. The van der Waals surface area contributed by atoms with Crippen LogP contribution in [0.25, 0.3) is 0 Å². The number of Topliss-reactive ketones (excluding diaryl/α,β-unsaturated/α-hetero) is 1. The minimum absolute atomic E-state index is 0.283. The lowest BCUT2D eigenvalue weighted by molar-refractivity contribution is -0.141. The molecule has 1 N–H and O–H groups in total. The van der Waals surface area contributed by atoms with E-state index in [1.54, 1.807) is 36.4 Å². The fourth-order valence-electron chi connectivity index (χ4n) is 2.08. The zero-order valence-electron chi connectivity index (χ0n) is 14.0. The van der Waals surface area contributed by atoms with Gasteiger partial charge in [-0.25, -0.2) is 0 Å². The monoisotopic (exact) mass is 403 g/mol. The van der Waals surface area contributed by atoms with E-state index in [1.165, 1.54) is 0 Å². The number of ether oxygens (including phenoxy) is 1. The lowest BCUT2D eigenvalue weighted by Crippen LogP contribution is -2.31. The summed E-state index contributed by atoms with van der Waals surface area (Å²) in [6, 6.07) is 12.1. The van der Waals surface area contributed by atoms with E-state index in [0.29, 0.717) is 11.1 Å². The molecule has 0 aliphatic heterocycles. The molecule has 0 atom stereocenters. The van der Waals surface area contributed by atoms with Crippen LogP contribution >= 0.6 is 15.9 Å². The average Bonchev–Trinajstić information content (AvgIpc) is 2.59. The van der Waals surface area contributed by atoms with Gasteiger partial charge in [0.2, 0.25) is 0 Å². The number of aryl methyl sites for hydroxylation is 2. The third-order valence-corrected chi connectivity index (χ3v) is 4.17. The summed E-state index contributed by atoms with van der Waals surface area (Å²) in [5, 5.41) is 2.46. The van der Waals surface area contributed by atoms with Crippen LogP contribution in [0.2, 0.25) is 0 Å². The Morgan fingerprint density at radius 1 is 1.00 bits per heavy atom. The van der Waals surface area contributed by atoms with Gasteiger partial charge in [0.05, 0.1) is 0 Å². The number of hydrogen-bond donors (Lipinski definition) is 1. The molecule has 0 heterocycles. The van der Waals surface area contributed by atoms with Gasteiger partial charge >= 0.3 is 5.97 Å². The third kappa shape index (κ3) is 5.53. The van der Waals surface area contributed by atoms with E-state index in [1.807, 2.05) is 19.9 Å². The molecule has 0 spiro atoms. The van der Waals surface area contributed by atoms with Crippen molar-refractivity contribution in [2.45, 2.75) is 13.8 Å². The van der Waals surface area contributed by atoms with Crippen LogP contribution in [0.15, 0.2) is 46.9 Å². The van der Waals surface area contributed by atoms with Crippen molar-refractivity contribution in [2.75, 3.05) is 13.2 Å². The lowest BCUT2D eigenvalue weighted by atomic mass is 10.0. The van der Waals surface area contributed by atoms with Crippen molar-refractivity contribution in [2.24, 2.45) is 0 Å². The molecular weight excluding hydrogens is 386 g/mol. The van der Waals surface area contributed by atoms with E-state index in [0.717, 1.165) is 15.6 Å². The van der Waals surface area contributed by atoms with Crippen LogP contribution in [0, 0.1) is 13.8 Å². The molecule has 0 saturated heterocycles. The minimum Gasteiger partial charge on any atom is -0.456 e. The molecule has 5 nitrogen and oxygen atoms in total. The fourth-order valence-corrected chi connectivity index (χ4v) is 2.48. The molecule has 25 heavy (non-hydrogen) atoms. The highest BCUT2D eigenvalue weighted by Crippen LogP contribution is 2.12. The van der Waals surface area contributed by atoms with Crippen molar-refractivity contribution in [3.05, 3.63) is 69.2 Å². The number of hydrogen-bond acceptors (Lipinski definition) is 4. The lowest BCUT2D eigenvalue weighted by Gasteiger charge is -2.07. The first kappa shape index (κ1) is 18.9. The van der Waals surface area contributed by atoms with Crippen LogP contribution < -0.4 is 5.32 Å². The van der Waals surface area contributed by atoms with E-state index < -0.39 is 11.9 Å². The Morgan fingerprint density at radius 3 is 2.44 bits per heavy atom. The number of amides is 1. The average molecular weight is 404 g/mol. The van der Waals surface area contributed by atoms with E-state index in [4.69, 9.17) is 4.74 Å². The van der Waals surface area contributed by atoms with Crippen LogP contribution in [0.5, 0.6) is 0 Å².